The Hall–Kier alpha value is -3.95. The highest BCUT2D eigenvalue weighted by atomic mass is 35.5. The predicted octanol–water partition coefficient (Wildman–Crippen LogP) is 4.93. The van der Waals surface area contributed by atoms with Crippen LogP contribution >= 0.6 is 23.4 Å². The van der Waals surface area contributed by atoms with E-state index in [1.807, 2.05) is 47.9 Å². The van der Waals surface area contributed by atoms with E-state index in [2.05, 4.69) is 25.5 Å². The second kappa shape index (κ2) is 11.7. The van der Waals surface area contributed by atoms with Crippen molar-refractivity contribution in [3.05, 3.63) is 94.5 Å². The van der Waals surface area contributed by atoms with Crippen LogP contribution in [0, 0.1) is 6.92 Å². The zero-order valence-corrected chi connectivity index (χ0v) is 21.1. The van der Waals surface area contributed by atoms with Gasteiger partial charge in [-0.25, -0.2) is 10.2 Å². The Morgan fingerprint density at radius 2 is 1.72 bits per heavy atom. The fourth-order valence-corrected chi connectivity index (χ4v) is 4.11. The number of ether oxygens (including phenoxy) is 1. The van der Waals surface area contributed by atoms with Crippen molar-refractivity contribution in [2.75, 3.05) is 12.9 Å². The number of methoxy groups -OCH3 is 1. The normalized spacial score (nSPS) is 11.0. The molecule has 1 aromatic heterocycles. The average molecular weight is 520 g/mol. The summed E-state index contributed by atoms with van der Waals surface area (Å²) in [7, 11) is 1.33. The van der Waals surface area contributed by atoms with Crippen LogP contribution in [-0.2, 0) is 9.53 Å². The first-order valence-electron chi connectivity index (χ1n) is 10.9. The van der Waals surface area contributed by atoms with Crippen LogP contribution in [0.3, 0.4) is 0 Å². The van der Waals surface area contributed by atoms with Gasteiger partial charge in [-0.2, -0.15) is 5.10 Å². The molecule has 0 unspecified atom stereocenters. The summed E-state index contributed by atoms with van der Waals surface area (Å²) in [5, 5.41) is 13.9. The first kappa shape index (κ1) is 25.2. The molecule has 0 aliphatic heterocycles. The fraction of sp³-hybridized carbons (Fsp3) is 0.115. The molecule has 1 N–H and O–H groups in total. The molecule has 0 saturated heterocycles. The van der Waals surface area contributed by atoms with E-state index in [-0.39, 0.29) is 11.7 Å². The van der Waals surface area contributed by atoms with Crippen molar-refractivity contribution in [2.24, 2.45) is 5.10 Å². The number of halogens is 1. The molecule has 8 nitrogen and oxygen atoms in total. The summed E-state index contributed by atoms with van der Waals surface area (Å²) in [6, 6.07) is 22.0. The van der Waals surface area contributed by atoms with Gasteiger partial charge in [0, 0.05) is 16.3 Å². The first-order chi connectivity index (χ1) is 17.4. The van der Waals surface area contributed by atoms with Gasteiger partial charge in [-0.3, -0.25) is 9.36 Å². The smallest absolute Gasteiger partial charge is 0.337 e. The third kappa shape index (κ3) is 6.18. The number of amides is 1. The van der Waals surface area contributed by atoms with Gasteiger partial charge in [-0.15, -0.1) is 10.2 Å². The lowest BCUT2D eigenvalue weighted by Gasteiger charge is -2.10. The second-order valence-corrected chi connectivity index (χ2v) is 9.06. The Balaban J connectivity index is 1.45. The summed E-state index contributed by atoms with van der Waals surface area (Å²) in [5.74, 6) is 0.0255. The predicted molar refractivity (Wildman–Crippen MR) is 141 cm³/mol. The van der Waals surface area contributed by atoms with Crippen molar-refractivity contribution in [1.29, 1.82) is 0 Å². The van der Waals surface area contributed by atoms with E-state index in [1.54, 1.807) is 36.4 Å². The maximum Gasteiger partial charge on any atom is 0.337 e. The van der Waals surface area contributed by atoms with Gasteiger partial charge in [0.05, 0.1) is 24.6 Å². The lowest BCUT2D eigenvalue weighted by atomic mass is 10.1. The van der Waals surface area contributed by atoms with Crippen LogP contribution in [0.15, 0.2) is 83.1 Å². The Bertz CT molecular complexity index is 1380. The van der Waals surface area contributed by atoms with Crippen LogP contribution in [0.4, 0.5) is 0 Å². The highest BCUT2D eigenvalue weighted by molar-refractivity contribution is 7.99. The van der Waals surface area contributed by atoms with Crippen LogP contribution in [0.25, 0.3) is 17.1 Å². The van der Waals surface area contributed by atoms with Gasteiger partial charge >= 0.3 is 5.97 Å². The summed E-state index contributed by atoms with van der Waals surface area (Å²) >= 11 is 7.32. The van der Waals surface area contributed by atoms with E-state index in [9.17, 15) is 9.59 Å². The summed E-state index contributed by atoms with van der Waals surface area (Å²) in [6.45, 7) is 2.02. The van der Waals surface area contributed by atoms with Gasteiger partial charge in [-0.05, 0) is 48.9 Å². The molecule has 1 amide bonds. The van der Waals surface area contributed by atoms with Crippen molar-refractivity contribution in [3.63, 3.8) is 0 Å². The molecule has 10 heteroatoms. The number of benzene rings is 3. The Kier molecular flexibility index (Phi) is 8.14. The molecule has 0 fully saturated rings. The van der Waals surface area contributed by atoms with Crippen LogP contribution in [0.5, 0.6) is 0 Å². The molecule has 4 rings (SSSR count). The zero-order chi connectivity index (χ0) is 25.5. The molecule has 182 valence electrons. The molecule has 0 radical (unpaired) electrons. The summed E-state index contributed by atoms with van der Waals surface area (Å²) in [5.41, 5.74) is 6.54. The van der Waals surface area contributed by atoms with Gasteiger partial charge in [0.15, 0.2) is 11.0 Å². The fourth-order valence-electron chi connectivity index (χ4n) is 3.24. The molecule has 0 bridgehead atoms. The molecule has 3 aromatic carbocycles. The minimum absolute atomic E-state index is 0.0816. The number of nitrogens with zero attached hydrogens (tertiary/aromatic N) is 4. The molecule has 0 aliphatic carbocycles. The minimum Gasteiger partial charge on any atom is -0.465 e. The van der Waals surface area contributed by atoms with E-state index in [0.717, 1.165) is 22.4 Å². The van der Waals surface area contributed by atoms with Crippen LogP contribution < -0.4 is 5.43 Å². The van der Waals surface area contributed by atoms with Gasteiger partial charge in [0.2, 0.25) is 0 Å². The van der Waals surface area contributed by atoms with Gasteiger partial charge in [0.1, 0.15) is 0 Å². The van der Waals surface area contributed by atoms with E-state index < -0.39 is 5.97 Å². The summed E-state index contributed by atoms with van der Waals surface area (Å²) < 4.78 is 6.57. The zero-order valence-electron chi connectivity index (χ0n) is 19.5. The van der Waals surface area contributed by atoms with Crippen molar-refractivity contribution >= 4 is 41.5 Å². The number of carbonyl (C=O) groups is 2. The van der Waals surface area contributed by atoms with Crippen molar-refractivity contribution < 1.29 is 14.3 Å². The number of hydrogen-bond donors (Lipinski definition) is 1. The van der Waals surface area contributed by atoms with E-state index >= 15 is 0 Å². The number of rotatable bonds is 8. The number of hydrogen-bond acceptors (Lipinski definition) is 7. The summed E-state index contributed by atoms with van der Waals surface area (Å²) in [6.07, 6.45) is 1.50. The number of aryl methyl sites for hydroxylation is 1. The molecule has 0 saturated carbocycles. The molecule has 0 atom stereocenters. The number of hydrazone groups is 1. The van der Waals surface area contributed by atoms with E-state index in [1.165, 1.54) is 25.1 Å². The highest BCUT2D eigenvalue weighted by Crippen LogP contribution is 2.28. The van der Waals surface area contributed by atoms with E-state index in [4.69, 9.17) is 11.6 Å². The molecule has 0 aliphatic rings. The van der Waals surface area contributed by atoms with Crippen molar-refractivity contribution in [2.45, 2.75) is 12.1 Å². The lowest BCUT2D eigenvalue weighted by Crippen LogP contribution is -2.20. The molecule has 36 heavy (non-hydrogen) atoms. The number of esters is 1. The monoisotopic (exact) mass is 519 g/mol. The standard InChI is InChI=1S/C26H22ClN5O3S/c1-17-3-7-19(8-4-17)24-30-31-26(32(24)22-13-11-21(27)12-14-22)36-16-23(33)29-28-15-18-5-9-20(10-6-18)25(34)35-2/h3-15H,16H2,1-2H3,(H,29,33)/b28-15-. The highest BCUT2D eigenvalue weighted by Gasteiger charge is 2.17. The number of nitrogens with one attached hydrogen (secondary N) is 1. The Morgan fingerprint density at radius 1 is 1.03 bits per heavy atom. The average Bonchev–Trinajstić information content (AvgIpc) is 3.32. The SMILES string of the molecule is COC(=O)c1ccc(/C=N\NC(=O)CSc2nnc(-c3ccc(C)cc3)n2-c2ccc(Cl)cc2)cc1. The molecule has 4 aromatic rings. The van der Waals surface area contributed by atoms with Gasteiger partial charge < -0.3 is 4.74 Å². The maximum atomic E-state index is 12.4. The quantitative estimate of drug-likeness (QED) is 0.153. The Labute approximate surface area is 217 Å². The van der Waals surface area contributed by atoms with Crippen LogP contribution in [0.2, 0.25) is 5.02 Å². The van der Waals surface area contributed by atoms with E-state index in [0.29, 0.717) is 21.6 Å². The maximum absolute atomic E-state index is 12.4. The summed E-state index contributed by atoms with van der Waals surface area (Å²) in [4.78, 5) is 23.9. The van der Waals surface area contributed by atoms with Crippen LogP contribution in [0.1, 0.15) is 21.5 Å². The van der Waals surface area contributed by atoms with Crippen LogP contribution in [-0.4, -0.2) is 45.7 Å². The molecular weight excluding hydrogens is 498 g/mol. The van der Waals surface area contributed by atoms with Gasteiger partial charge in [0.25, 0.3) is 5.91 Å². The number of thioether (sulfide) groups is 1. The molecular formula is C26H22ClN5O3S. The second-order valence-electron chi connectivity index (χ2n) is 7.68. The topological polar surface area (TPSA) is 98.5 Å². The minimum atomic E-state index is -0.416. The first-order valence-corrected chi connectivity index (χ1v) is 12.2. The number of aromatic nitrogens is 3. The third-order valence-electron chi connectivity index (χ3n) is 5.09. The molecule has 0 spiro atoms. The van der Waals surface area contributed by atoms with Crippen molar-refractivity contribution in [1.82, 2.24) is 20.2 Å². The van der Waals surface area contributed by atoms with Gasteiger partial charge in [-0.1, -0.05) is 65.3 Å². The third-order valence-corrected chi connectivity index (χ3v) is 6.28. The Morgan fingerprint density at radius 3 is 2.39 bits per heavy atom. The largest absolute Gasteiger partial charge is 0.465 e. The lowest BCUT2D eigenvalue weighted by molar-refractivity contribution is -0.118. The molecule has 1 heterocycles. The van der Waals surface area contributed by atoms with Crippen molar-refractivity contribution in [3.8, 4) is 17.1 Å². The number of carbonyl (C=O) groups excluding carboxylic acids is 2.